The lowest BCUT2D eigenvalue weighted by Crippen LogP contribution is -2.38. The molecule has 1 aliphatic carbocycles. The Balaban J connectivity index is 1.21. The van der Waals surface area contributed by atoms with Gasteiger partial charge in [0.1, 0.15) is 4.83 Å². The maximum atomic E-state index is 13.6. The average Bonchev–Trinajstić information content (AvgIpc) is 3.60. The van der Waals surface area contributed by atoms with Crippen molar-refractivity contribution >= 4 is 33.4 Å². The van der Waals surface area contributed by atoms with E-state index in [2.05, 4.69) is 47.8 Å². The number of nitrogens with zero attached hydrogens (tertiary/aromatic N) is 1. The summed E-state index contributed by atoms with van der Waals surface area (Å²) >= 11 is 1.45. The number of aromatic nitrogens is 2. The molecule has 2 amide bonds. The molecule has 1 unspecified atom stereocenters. The summed E-state index contributed by atoms with van der Waals surface area (Å²) in [4.78, 5) is 46.4. The van der Waals surface area contributed by atoms with Gasteiger partial charge in [0.25, 0.3) is 5.91 Å². The fourth-order valence-corrected chi connectivity index (χ4v) is 7.15. The highest BCUT2D eigenvalue weighted by Gasteiger charge is 2.30. The van der Waals surface area contributed by atoms with Crippen LogP contribution in [0.1, 0.15) is 72.6 Å². The monoisotopic (exact) mass is 597 g/mol. The molecule has 1 fully saturated rings. The van der Waals surface area contributed by atoms with Gasteiger partial charge in [-0.3, -0.25) is 14.4 Å². The highest BCUT2D eigenvalue weighted by atomic mass is 32.1. The van der Waals surface area contributed by atoms with Crippen molar-refractivity contribution in [1.29, 1.82) is 0 Å². The van der Waals surface area contributed by atoms with Gasteiger partial charge in [-0.05, 0) is 90.4 Å². The second-order valence-electron chi connectivity index (χ2n) is 12.9. The van der Waals surface area contributed by atoms with Crippen molar-refractivity contribution in [3.05, 3.63) is 86.8 Å². The molecule has 4 aromatic rings. The number of fused-ring (bicyclic) bond motifs is 2. The number of pyridine rings is 2. The molecule has 43 heavy (non-hydrogen) atoms. The minimum absolute atomic E-state index is 0.0279. The lowest BCUT2D eigenvalue weighted by atomic mass is 9.71. The molecule has 2 aliphatic rings. The number of benzene rings is 1. The van der Waals surface area contributed by atoms with Gasteiger partial charge in [-0.25, -0.2) is 4.98 Å². The summed E-state index contributed by atoms with van der Waals surface area (Å²) in [6, 6.07) is 15.1. The number of carbonyl (C=O) groups is 2. The molecule has 3 atom stereocenters. The number of hydrogen-bond donors (Lipinski definition) is 4. The standard InChI is InChI=1S/C34H39N5O3S/c1-34(2,3)25-9-10-26-23(17-25)16-24-18-29(43-33(24)39-26)32(42)38-27(12-14-35-28-13-15-36-31(28)41)21-6-4-20(5-7-21)22-8-11-30(40)37-19-22/h4-8,11,16,18-19,25,27-28,35H,9-10,12-15,17H2,1-3H3,(H,36,41)(H,37,40)(H,38,42)/t25-,27+,28?/m0/s1. The lowest BCUT2D eigenvalue weighted by Gasteiger charge is -2.34. The number of hydrogen-bond acceptors (Lipinski definition) is 6. The summed E-state index contributed by atoms with van der Waals surface area (Å²) < 4.78 is 0. The largest absolute Gasteiger partial charge is 0.355 e. The molecule has 6 rings (SSSR count). The van der Waals surface area contributed by atoms with Crippen LogP contribution in [0.3, 0.4) is 0 Å². The van der Waals surface area contributed by atoms with Gasteiger partial charge in [0.2, 0.25) is 11.5 Å². The van der Waals surface area contributed by atoms with Gasteiger partial charge in [0, 0.05) is 29.9 Å². The molecule has 0 spiro atoms. The number of thiophene rings is 1. The van der Waals surface area contributed by atoms with Crippen LogP contribution in [0.15, 0.2) is 59.5 Å². The molecule has 8 nitrogen and oxygen atoms in total. The van der Waals surface area contributed by atoms with Gasteiger partial charge in [-0.1, -0.05) is 45.0 Å². The number of nitrogens with one attached hydrogen (secondary N) is 4. The van der Waals surface area contributed by atoms with Gasteiger partial charge in [0.05, 0.1) is 17.0 Å². The van der Waals surface area contributed by atoms with Crippen molar-refractivity contribution in [1.82, 2.24) is 25.9 Å². The quantitative estimate of drug-likeness (QED) is 0.225. The Morgan fingerprint density at radius 2 is 1.86 bits per heavy atom. The molecule has 4 N–H and O–H groups in total. The molecule has 1 saturated heterocycles. The number of aryl methyl sites for hydroxylation is 1. The normalized spacial score (nSPS) is 19.2. The van der Waals surface area contributed by atoms with Crippen LogP contribution in [0, 0.1) is 11.3 Å². The Bertz CT molecular complexity index is 1680. The van der Waals surface area contributed by atoms with Crippen LogP contribution in [0.5, 0.6) is 0 Å². The van der Waals surface area contributed by atoms with Crippen LogP contribution in [0.2, 0.25) is 0 Å². The number of aromatic amines is 1. The number of rotatable bonds is 8. The molecule has 3 aromatic heterocycles. The first-order valence-corrected chi connectivity index (χ1v) is 16.0. The molecular formula is C34H39N5O3S. The topological polar surface area (TPSA) is 116 Å². The summed E-state index contributed by atoms with van der Waals surface area (Å²) in [6.07, 6.45) is 6.24. The molecule has 9 heteroatoms. The molecule has 0 radical (unpaired) electrons. The van der Waals surface area contributed by atoms with E-state index in [1.54, 1.807) is 12.3 Å². The maximum absolute atomic E-state index is 13.6. The lowest BCUT2D eigenvalue weighted by molar-refractivity contribution is -0.120. The third-order valence-corrected chi connectivity index (χ3v) is 9.97. The average molecular weight is 598 g/mol. The van der Waals surface area contributed by atoms with E-state index in [1.165, 1.54) is 28.7 Å². The highest BCUT2D eigenvalue weighted by molar-refractivity contribution is 7.20. The van der Waals surface area contributed by atoms with E-state index in [4.69, 9.17) is 4.98 Å². The molecular weight excluding hydrogens is 558 g/mol. The van der Waals surface area contributed by atoms with Crippen molar-refractivity contribution in [2.45, 2.75) is 65.0 Å². The van der Waals surface area contributed by atoms with Crippen molar-refractivity contribution < 1.29 is 9.59 Å². The molecule has 1 aliphatic heterocycles. The second-order valence-corrected chi connectivity index (χ2v) is 13.9. The van der Waals surface area contributed by atoms with Crippen LogP contribution in [0.25, 0.3) is 21.3 Å². The fourth-order valence-electron chi connectivity index (χ4n) is 6.21. The molecule has 4 heterocycles. The second kappa shape index (κ2) is 12.1. The smallest absolute Gasteiger partial charge is 0.261 e. The van der Waals surface area contributed by atoms with Gasteiger partial charge >= 0.3 is 0 Å². The highest BCUT2D eigenvalue weighted by Crippen LogP contribution is 2.38. The predicted octanol–water partition coefficient (Wildman–Crippen LogP) is 5.14. The van der Waals surface area contributed by atoms with E-state index in [9.17, 15) is 14.4 Å². The van der Waals surface area contributed by atoms with E-state index >= 15 is 0 Å². The molecule has 0 bridgehead atoms. The summed E-state index contributed by atoms with van der Waals surface area (Å²) in [6.45, 7) is 8.21. The third kappa shape index (κ3) is 6.58. The Morgan fingerprint density at radius 1 is 1.07 bits per heavy atom. The van der Waals surface area contributed by atoms with E-state index < -0.39 is 0 Å². The Labute approximate surface area is 255 Å². The Kier molecular flexibility index (Phi) is 8.20. The Morgan fingerprint density at radius 3 is 2.56 bits per heavy atom. The summed E-state index contributed by atoms with van der Waals surface area (Å²) in [5.41, 5.74) is 5.46. The van der Waals surface area contributed by atoms with Crippen LogP contribution in [-0.4, -0.2) is 40.9 Å². The van der Waals surface area contributed by atoms with E-state index in [-0.39, 0.29) is 34.9 Å². The van der Waals surface area contributed by atoms with Gasteiger partial charge < -0.3 is 20.9 Å². The first kappa shape index (κ1) is 29.3. The first-order valence-electron chi connectivity index (χ1n) is 15.2. The van der Waals surface area contributed by atoms with Gasteiger partial charge in [-0.15, -0.1) is 11.3 Å². The zero-order valence-corrected chi connectivity index (χ0v) is 25.8. The van der Waals surface area contributed by atoms with Crippen LogP contribution in [0.4, 0.5) is 0 Å². The summed E-state index contributed by atoms with van der Waals surface area (Å²) in [5, 5.41) is 10.5. The van der Waals surface area contributed by atoms with Gasteiger partial charge in [0.15, 0.2) is 0 Å². The van der Waals surface area contributed by atoms with Gasteiger partial charge in [-0.2, -0.15) is 0 Å². The zero-order chi connectivity index (χ0) is 30.1. The molecule has 224 valence electrons. The minimum Gasteiger partial charge on any atom is -0.355 e. The molecule has 0 saturated carbocycles. The predicted molar refractivity (Wildman–Crippen MR) is 171 cm³/mol. The van der Waals surface area contributed by atoms with Crippen LogP contribution < -0.4 is 21.5 Å². The minimum atomic E-state index is -0.256. The van der Waals surface area contributed by atoms with Crippen LogP contribution >= 0.6 is 11.3 Å². The Hall–Kier alpha value is -3.82. The summed E-state index contributed by atoms with van der Waals surface area (Å²) in [7, 11) is 0. The zero-order valence-electron chi connectivity index (χ0n) is 25.0. The van der Waals surface area contributed by atoms with E-state index in [0.29, 0.717) is 30.3 Å². The first-order chi connectivity index (χ1) is 20.6. The third-order valence-electron chi connectivity index (χ3n) is 8.93. The SMILES string of the molecule is CC(C)(C)[C@H]1CCc2nc3sc(C(=O)N[C@H](CCNC4CCNC4=O)c4ccc(-c5ccc(=O)[nH]c5)cc4)cc3cc2C1. The number of H-pyrrole nitrogens is 1. The number of carbonyl (C=O) groups excluding carboxylic acids is 2. The fraction of sp³-hybridized carbons (Fsp3) is 0.412. The van der Waals surface area contributed by atoms with Crippen LogP contribution in [-0.2, 0) is 17.6 Å². The number of amides is 2. The van der Waals surface area contributed by atoms with Crippen molar-refractivity contribution in [3.63, 3.8) is 0 Å². The molecule has 1 aromatic carbocycles. The van der Waals surface area contributed by atoms with E-state index in [1.807, 2.05) is 30.3 Å². The van der Waals surface area contributed by atoms with Crippen molar-refractivity contribution in [2.75, 3.05) is 13.1 Å². The van der Waals surface area contributed by atoms with Crippen molar-refractivity contribution in [2.24, 2.45) is 11.3 Å². The summed E-state index contributed by atoms with van der Waals surface area (Å²) in [5.74, 6) is 0.530. The maximum Gasteiger partial charge on any atom is 0.261 e. The van der Waals surface area contributed by atoms with Crippen molar-refractivity contribution in [3.8, 4) is 11.1 Å². The van der Waals surface area contributed by atoms with E-state index in [0.717, 1.165) is 52.6 Å².